The standard InChI is InChI=1S/C23H16O7/c1-15(24)28-19-11-7-17(8-12-19)21(25)29-20-13-9-18(10-14-20)23(27)30-22(26)16-5-3-2-4-6-16/h2-14H,1H3. The van der Waals surface area contributed by atoms with Gasteiger partial charge in [-0.15, -0.1) is 0 Å². The lowest BCUT2D eigenvalue weighted by molar-refractivity contribution is -0.131. The molecular formula is C23H16O7. The third-order valence-corrected chi connectivity index (χ3v) is 3.85. The van der Waals surface area contributed by atoms with Gasteiger partial charge in [-0.25, -0.2) is 14.4 Å². The molecule has 0 amide bonds. The fraction of sp³-hybridized carbons (Fsp3) is 0.0435. The van der Waals surface area contributed by atoms with Crippen LogP contribution in [-0.2, 0) is 9.53 Å². The molecule has 3 rings (SSSR count). The number of hydrogen-bond acceptors (Lipinski definition) is 7. The van der Waals surface area contributed by atoms with Crippen LogP contribution in [0.25, 0.3) is 0 Å². The van der Waals surface area contributed by atoms with Gasteiger partial charge in [-0.05, 0) is 60.7 Å². The van der Waals surface area contributed by atoms with Crippen molar-refractivity contribution >= 4 is 23.9 Å². The Balaban J connectivity index is 1.59. The van der Waals surface area contributed by atoms with Gasteiger partial charge in [0.05, 0.1) is 16.7 Å². The van der Waals surface area contributed by atoms with Crippen LogP contribution in [0.2, 0.25) is 0 Å². The molecule has 0 spiro atoms. The number of rotatable bonds is 5. The molecule has 0 bridgehead atoms. The van der Waals surface area contributed by atoms with Crippen LogP contribution in [0.1, 0.15) is 38.0 Å². The highest BCUT2D eigenvalue weighted by molar-refractivity contribution is 6.02. The third kappa shape index (κ3) is 5.39. The molecule has 0 radical (unpaired) electrons. The van der Waals surface area contributed by atoms with E-state index in [2.05, 4.69) is 0 Å². The summed E-state index contributed by atoms with van der Waals surface area (Å²) in [4.78, 5) is 47.2. The van der Waals surface area contributed by atoms with Crippen molar-refractivity contribution in [2.75, 3.05) is 0 Å². The second kappa shape index (κ2) is 9.29. The van der Waals surface area contributed by atoms with Gasteiger partial charge < -0.3 is 14.2 Å². The summed E-state index contributed by atoms with van der Waals surface area (Å²) in [5.74, 6) is -2.15. The molecule has 0 fully saturated rings. The molecule has 0 aromatic heterocycles. The Kier molecular flexibility index (Phi) is 6.34. The number of benzene rings is 3. The SMILES string of the molecule is CC(=O)Oc1ccc(C(=O)Oc2ccc(C(=O)OC(=O)c3ccccc3)cc2)cc1. The summed E-state index contributed by atoms with van der Waals surface area (Å²) in [6.45, 7) is 1.28. The van der Waals surface area contributed by atoms with Crippen molar-refractivity contribution in [1.29, 1.82) is 0 Å². The van der Waals surface area contributed by atoms with Crippen molar-refractivity contribution in [2.24, 2.45) is 0 Å². The third-order valence-electron chi connectivity index (χ3n) is 3.85. The summed E-state index contributed by atoms with van der Waals surface area (Å²) in [5.41, 5.74) is 0.642. The van der Waals surface area contributed by atoms with Gasteiger partial charge in [0.2, 0.25) is 0 Å². The predicted octanol–water partition coefficient (Wildman–Crippen LogP) is 3.83. The smallest absolute Gasteiger partial charge is 0.346 e. The highest BCUT2D eigenvalue weighted by Gasteiger charge is 2.15. The molecule has 0 heterocycles. The first-order valence-corrected chi connectivity index (χ1v) is 8.84. The van der Waals surface area contributed by atoms with E-state index in [-0.39, 0.29) is 22.4 Å². The fourth-order valence-corrected chi connectivity index (χ4v) is 2.43. The summed E-state index contributed by atoms with van der Waals surface area (Å²) < 4.78 is 15.0. The van der Waals surface area contributed by atoms with E-state index in [4.69, 9.17) is 14.2 Å². The first kappa shape index (κ1) is 20.5. The van der Waals surface area contributed by atoms with E-state index in [9.17, 15) is 19.2 Å². The van der Waals surface area contributed by atoms with Gasteiger partial charge in [0.15, 0.2) is 0 Å². The second-order valence-electron chi connectivity index (χ2n) is 6.07. The van der Waals surface area contributed by atoms with Gasteiger partial charge in [0.1, 0.15) is 11.5 Å². The summed E-state index contributed by atoms with van der Waals surface area (Å²) in [6, 6.07) is 19.6. The molecule has 0 atom stereocenters. The lowest BCUT2D eigenvalue weighted by Gasteiger charge is -2.07. The van der Waals surface area contributed by atoms with Crippen LogP contribution in [0.5, 0.6) is 11.5 Å². The van der Waals surface area contributed by atoms with Crippen molar-refractivity contribution in [3.8, 4) is 11.5 Å². The van der Waals surface area contributed by atoms with Gasteiger partial charge in [0.25, 0.3) is 0 Å². The molecule has 0 unspecified atom stereocenters. The Bertz CT molecular complexity index is 1070. The molecule has 3 aromatic rings. The van der Waals surface area contributed by atoms with Crippen LogP contribution in [0.15, 0.2) is 78.9 Å². The number of hydrogen-bond donors (Lipinski definition) is 0. The molecule has 7 heteroatoms. The minimum Gasteiger partial charge on any atom is -0.427 e. The quantitative estimate of drug-likeness (QED) is 0.362. The van der Waals surface area contributed by atoms with Crippen LogP contribution in [0, 0.1) is 0 Å². The molecular weight excluding hydrogens is 388 g/mol. The second-order valence-corrected chi connectivity index (χ2v) is 6.07. The molecule has 3 aromatic carbocycles. The van der Waals surface area contributed by atoms with Gasteiger partial charge in [0, 0.05) is 6.92 Å². The van der Waals surface area contributed by atoms with Crippen LogP contribution < -0.4 is 9.47 Å². The van der Waals surface area contributed by atoms with Crippen molar-refractivity contribution < 1.29 is 33.4 Å². The van der Waals surface area contributed by atoms with Gasteiger partial charge in [-0.1, -0.05) is 18.2 Å². The van der Waals surface area contributed by atoms with E-state index in [1.165, 1.54) is 67.6 Å². The monoisotopic (exact) mass is 404 g/mol. The van der Waals surface area contributed by atoms with E-state index in [1.54, 1.807) is 18.2 Å². The van der Waals surface area contributed by atoms with Crippen molar-refractivity contribution in [3.05, 3.63) is 95.6 Å². The molecule has 0 aliphatic carbocycles. The Morgan fingerprint density at radius 2 is 0.967 bits per heavy atom. The lowest BCUT2D eigenvalue weighted by atomic mass is 10.2. The molecule has 0 saturated heterocycles. The Morgan fingerprint density at radius 1 is 0.533 bits per heavy atom. The maximum atomic E-state index is 12.2. The van der Waals surface area contributed by atoms with Gasteiger partial charge >= 0.3 is 23.9 Å². The molecule has 0 saturated carbocycles. The predicted molar refractivity (Wildman–Crippen MR) is 105 cm³/mol. The average Bonchev–Trinajstić information content (AvgIpc) is 2.75. The first-order chi connectivity index (χ1) is 14.4. The molecule has 150 valence electrons. The Morgan fingerprint density at radius 3 is 1.47 bits per heavy atom. The minimum absolute atomic E-state index is 0.129. The average molecular weight is 404 g/mol. The van der Waals surface area contributed by atoms with Crippen LogP contribution in [0.4, 0.5) is 0 Å². The Labute approximate surface area is 171 Å². The number of carbonyl (C=O) groups is 4. The van der Waals surface area contributed by atoms with Gasteiger partial charge in [-0.3, -0.25) is 4.79 Å². The summed E-state index contributed by atoms with van der Waals surface area (Å²) in [5, 5.41) is 0. The largest absolute Gasteiger partial charge is 0.427 e. The van der Waals surface area contributed by atoms with Crippen LogP contribution >= 0.6 is 0 Å². The molecule has 0 aliphatic rings. The molecule has 7 nitrogen and oxygen atoms in total. The maximum absolute atomic E-state index is 12.2. The number of carbonyl (C=O) groups excluding carboxylic acids is 4. The highest BCUT2D eigenvalue weighted by Crippen LogP contribution is 2.17. The zero-order valence-electron chi connectivity index (χ0n) is 15.9. The highest BCUT2D eigenvalue weighted by atomic mass is 16.6. The van der Waals surface area contributed by atoms with Crippen molar-refractivity contribution in [2.45, 2.75) is 6.92 Å². The summed E-state index contributed by atoms with van der Waals surface area (Å²) >= 11 is 0. The number of ether oxygens (including phenoxy) is 3. The maximum Gasteiger partial charge on any atom is 0.346 e. The lowest BCUT2D eigenvalue weighted by Crippen LogP contribution is -2.13. The van der Waals surface area contributed by atoms with Crippen molar-refractivity contribution in [3.63, 3.8) is 0 Å². The van der Waals surface area contributed by atoms with E-state index >= 15 is 0 Å². The first-order valence-electron chi connectivity index (χ1n) is 8.84. The van der Waals surface area contributed by atoms with E-state index in [1.807, 2.05) is 0 Å². The minimum atomic E-state index is -0.817. The fourth-order valence-electron chi connectivity index (χ4n) is 2.43. The van der Waals surface area contributed by atoms with Crippen LogP contribution in [0.3, 0.4) is 0 Å². The van der Waals surface area contributed by atoms with E-state index < -0.39 is 23.9 Å². The number of esters is 4. The van der Waals surface area contributed by atoms with E-state index in [0.29, 0.717) is 5.75 Å². The summed E-state index contributed by atoms with van der Waals surface area (Å²) in [6.07, 6.45) is 0. The van der Waals surface area contributed by atoms with Gasteiger partial charge in [-0.2, -0.15) is 0 Å². The molecule has 30 heavy (non-hydrogen) atoms. The zero-order chi connectivity index (χ0) is 21.5. The van der Waals surface area contributed by atoms with E-state index in [0.717, 1.165) is 0 Å². The Hall–Kier alpha value is -4.26. The topological polar surface area (TPSA) is 96.0 Å². The molecule has 0 N–H and O–H groups in total. The van der Waals surface area contributed by atoms with Crippen LogP contribution in [-0.4, -0.2) is 23.9 Å². The zero-order valence-corrected chi connectivity index (χ0v) is 15.9. The molecule has 0 aliphatic heterocycles. The normalized spacial score (nSPS) is 10.0. The summed E-state index contributed by atoms with van der Waals surface area (Å²) in [7, 11) is 0. The van der Waals surface area contributed by atoms with Crippen molar-refractivity contribution in [1.82, 2.24) is 0 Å².